The van der Waals surface area contributed by atoms with E-state index in [1.165, 1.54) is 0 Å². The lowest BCUT2D eigenvalue weighted by atomic mass is 10.3. The summed E-state index contributed by atoms with van der Waals surface area (Å²) in [6, 6.07) is 6.17. The summed E-state index contributed by atoms with van der Waals surface area (Å²) in [5.74, 6) is 1.94. The molecule has 2 nitrogen and oxygen atoms in total. The van der Waals surface area contributed by atoms with Crippen molar-refractivity contribution in [2.45, 2.75) is 25.3 Å². The average molecular weight is 303 g/mol. The molecule has 98 valence electrons. The number of benzene rings is 1. The maximum atomic E-state index is 6.24. The molecule has 0 bridgehead atoms. The van der Waals surface area contributed by atoms with Gasteiger partial charge in [-0.25, -0.2) is 4.98 Å². The molecule has 0 saturated heterocycles. The van der Waals surface area contributed by atoms with Crippen molar-refractivity contribution in [3.05, 3.63) is 29.0 Å². The number of nitrogens with zero attached hydrogens (tertiary/aromatic N) is 2. The second-order valence-electron chi connectivity index (χ2n) is 4.39. The Labute approximate surface area is 122 Å². The normalized spacial score (nSPS) is 14.9. The van der Waals surface area contributed by atoms with E-state index in [4.69, 9.17) is 23.2 Å². The van der Waals surface area contributed by atoms with E-state index in [0.29, 0.717) is 11.1 Å². The number of rotatable bonds is 4. The summed E-state index contributed by atoms with van der Waals surface area (Å²) in [6.07, 6.45) is 2.11. The fourth-order valence-corrected chi connectivity index (χ4v) is 3.10. The maximum Gasteiger partial charge on any atom is 0.127 e. The Morgan fingerprint density at radius 1 is 1.39 bits per heavy atom. The third kappa shape index (κ3) is 2.63. The molecule has 0 saturated carbocycles. The highest BCUT2D eigenvalue weighted by Gasteiger charge is 2.18. The van der Waals surface area contributed by atoms with E-state index in [2.05, 4.69) is 22.7 Å². The predicted molar refractivity (Wildman–Crippen MR) is 82.1 cm³/mol. The molecular weight excluding hydrogens is 287 g/mol. The molecule has 5 heteroatoms. The molecule has 0 N–H and O–H groups in total. The van der Waals surface area contributed by atoms with Gasteiger partial charge in [0.15, 0.2) is 0 Å². The summed E-state index contributed by atoms with van der Waals surface area (Å²) >= 11 is 14.1. The SMILES string of the molecule is CSCC(C)n1c(C(C)Cl)nc2cc(Cl)ccc21. The molecule has 1 heterocycles. The highest BCUT2D eigenvalue weighted by molar-refractivity contribution is 7.98. The summed E-state index contributed by atoms with van der Waals surface area (Å²) in [5, 5.41) is 0.596. The largest absolute Gasteiger partial charge is 0.323 e. The van der Waals surface area contributed by atoms with Gasteiger partial charge >= 0.3 is 0 Å². The molecule has 0 amide bonds. The number of aromatic nitrogens is 2. The predicted octanol–water partition coefficient (Wildman–Crippen LogP) is 4.91. The van der Waals surface area contributed by atoms with Gasteiger partial charge in [0.05, 0.1) is 16.4 Å². The van der Waals surface area contributed by atoms with Gasteiger partial charge in [-0.1, -0.05) is 11.6 Å². The molecule has 2 aromatic rings. The van der Waals surface area contributed by atoms with Crippen LogP contribution < -0.4 is 0 Å². The summed E-state index contributed by atoms with van der Waals surface area (Å²) in [7, 11) is 0. The van der Waals surface area contributed by atoms with E-state index in [9.17, 15) is 0 Å². The van der Waals surface area contributed by atoms with Gasteiger partial charge in [0.1, 0.15) is 5.82 Å². The summed E-state index contributed by atoms with van der Waals surface area (Å²) in [6.45, 7) is 4.14. The Hall–Kier alpha value is -0.380. The van der Waals surface area contributed by atoms with Crippen molar-refractivity contribution in [1.29, 1.82) is 0 Å². The van der Waals surface area contributed by atoms with E-state index in [0.717, 1.165) is 22.6 Å². The fraction of sp³-hybridized carbons (Fsp3) is 0.462. The Morgan fingerprint density at radius 3 is 2.72 bits per heavy atom. The van der Waals surface area contributed by atoms with Crippen LogP contribution in [0.5, 0.6) is 0 Å². The van der Waals surface area contributed by atoms with Gasteiger partial charge in [0.2, 0.25) is 0 Å². The Balaban J connectivity index is 2.62. The second kappa shape index (κ2) is 5.72. The van der Waals surface area contributed by atoms with Gasteiger partial charge < -0.3 is 4.57 Å². The highest BCUT2D eigenvalue weighted by Crippen LogP contribution is 2.30. The van der Waals surface area contributed by atoms with Crippen molar-refractivity contribution in [2.75, 3.05) is 12.0 Å². The number of fused-ring (bicyclic) bond motifs is 1. The topological polar surface area (TPSA) is 17.8 Å². The van der Waals surface area contributed by atoms with Crippen molar-refractivity contribution in [2.24, 2.45) is 0 Å². The molecule has 2 atom stereocenters. The summed E-state index contributed by atoms with van der Waals surface area (Å²) < 4.78 is 2.22. The lowest BCUT2D eigenvalue weighted by Gasteiger charge is -2.17. The molecule has 1 aromatic carbocycles. The zero-order valence-corrected chi connectivity index (χ0v) is 13.0. The minimum absolute atomic E-state index is 0.111. The highest BCUT2D eigenvalue weighted by atomic mass is 35.5. The monoisotopic (exact) mass is 302 g/mol. The molecule has 18 heavy (non-hydrogen) atoms. The first-order valence-corrected chi connectivity index (χ1v) is 8.05. The zero-order valence-electron chi connectivity index (χ0n) is 10.7. The van der Waals surface area contributed by atoms with Crippen LogP contribution in [0.25, 0.3) is 11.0 Å². The number of hydrogen-bond acceptors (Lipinski definition) is 2. The lowest BCUT2D eigenvalue weighted by molar-refractivity contribution is 0.593. The van der Waals surface area contributed by atoms with Gasteiger partial charge in [-0.15, -0.1) is 11.6 Å². The number of imidazole rings is 1. The zero-order chi connectivity index (χ0) is 13.3. The molecular formula is C13H16Cl2N2S. The first-order valence-electron chi connectivity index (χ1n) is 5.85. The molecule has 0 spiro atoms. The van der Waals surface area contributed by atoms with Crippen LogP contribution in [-0.2, 0) is 0 Å². The Bertz CT molecular complexity index is 551. The minimum atomic E-state index is -0.111. The van der Waals surface area contributed by atoms with Crippen molar-refractivity contribution in [3.8, 4) is 0 Å². The number of thioether (sulfide) groups is 1. The average Bonchev–Trinajstić information content (AvgIpc) is 2.67. The Morgan fingerprint density at radius 2 is 2.11 bits per heavy atom. The quantitative estimate of drug-likeness (QED) is 0.747. The van der Waals surface area contributed by atoms with E-state index in [1.807, 2.05) is 36.9 Å². The van der Waals surface area contributed by atoms with Gasteiger partial charge in [-0.2, -0.15) is 11.8 Å². The molecule has 0 aliphatic rings. The standard InChI is InChI=1S/C13H16Cl2N2S/c1-8(7-18-3)17-12-5-4-10(15)6-11(12)16-13(17)9(2)14/h4-6,8-9H,7H2,1-3H3. The van der Waals surface area contributed by atoms with E-state index >= 15 is 0 Å². The van der Waals surface area contributed by atoms with Crippen LogP contribution in [0.3, 0.4) is 0 Å². The fourth-order valence-electron chi connectivity index (χ4n) is 2.15. The van der Waals surface area contributed by atoms with Crippen LogP contribution in [0.1, 0.15) is 31.1 Å². The van der Waals surface area contributed by atoms with Crippen LogP contribution in [0, 0.1) is 0 Å². The van der Waals surface area contributed by atoms with Crippen LogP contribution >= 0.6 is 35.0 Å². The summed E-state index contributed by atoms with van der Waals surface area (Å²) in [4.78, 5) is 4.61. The van der Waals surface area contributed by atoms with Crippen LogP contribution in [0.4, 0.5) is 0 Å². The third-order valence-electron chi connectivity index (χ3n) is 2.88. The van der Waals surface area contributed by atoms with Crippen molar-refractivity contribution in [3.63, 3.8) is 0 Å². The molecule has 2 rings (SSSR count). The first kappa shape index (κ1) is 14.0. The van der Waals surface area contributed by atoms with Gasteiger partial charge in [-0.05, 0) is 38.3 Å². The second-order valence-corrected chi connectivity index (χ2v) is 6.40. The molecule has 2 unspecified atom stereocenters. The minimum Gasteiger partial charge on any atom is -0.323 e. The third-order valence-corrected chi connectivity index (χ3v) is 4.13. The van der Waals surface area contributed by atoms with Crippen molar-refractivity contribution < 1.29 is 0 Å². The number of hydrogen-bond donors (Lipinski definition) is 0. The first-order chi connectivity index (χ1) is 8.54. The molecule has 1 aromatic heterocycles. The van der Waals surface area contributed by atoms with Crippen molar-refractivity contribution in [1.82, 2.24) is 9.55 Å². The van der Waals surface area contributed by atoms with Crippen molar-refractivity contribution >= 4 is 46.0 Å². The molecule has 0 radical (unpaired) electrons. The van der Waals surface area contributed by atoms with E-state index < -0.39 is 0 Å². The maximum absolute atomic E-state index is 6.24. The summed E-state index contributed by atoms with van der Waals surface area (Å²) in [5.41, 5.74) is 2.02. The van der Waals surface area contributed by atoms with E-state index in [-0.39, 0.29) is 5.38 Å². The van der Waals surface area contributed by atoms with Crippen LogP contribution in [0.2, 0.25) is 5.02 Å². The van der Waals surface area contributed by atoms with Gasteiger partial charge in [-0.3, -0.25) is 0 Å². The number of alkyl halides is 1. The van der Waals surface area contributed by atoms with Crippen LogP contribution in [-0.4, -0.2) is 21.6 Å². The Kier molecular flexibility index (Phi) is 4.46. The van der Waals surface area contributed by atoms with Gasteiger partial charge in [0.25, 0.3) is 0 Å². The van der Waals surface area contributed by atoms with Crippen LogP contribution in [0.15, 0.2) is 18.2 Å². The lowest BCUT2D eigenvalue weighted by Crippen LogP contribution is -2.11. The van der Waals surface area contributed by atoms with E-state index in [1.54, 1.807) is 0 Å². The van der Waals surface area contributed by atoms with Gasteiger partial charge in [0, 0.05) is 16.8 Å². The molecule has 0 fully saturated rings. The molecule has 0 aliphatic heterocycles. The molecule has 0 aliphatic carbocycles. The number of halogens is 2. The smallest absolute Gasteiger partial charge is 0.127 e.